The molecule has 4 aromatic carbocycles. The number of anilines is 3. The van der Waals surface area contributed by atoms with E-state index in [9.17, 15) is 14.4 Å². The molecular formula is C33H32N6O3. The van der Waals surface area contributed by atoms with Crippen LogP contribution in [0, 0.1) is 0 Å². The lowest BCUT2D eigenvalue weighted by molar-refractivity contribution is -0.120. The van der Waals surface area contributed by atoms with Gasteiger partial charge in [-0.25, -0.2) is 0 Å². The molecular weight excluding hydrogens is 528 g/mol. The predicted octanol–water partition coefficient (Wildman–Crippen LogP) is 4.86. The number of hydrogen-bond acceptors (Lipinski definition) is 6. The van der Waals surface area contributed by atoms with Gasteiger partial charge in [0.05, 0.1) is 5.69 Å². The number of para-hydroxylation sites is 1. The summed E-state index contributed by atoms with van der Waals surface area (Å²) in [6.07, 6.45) is 0. The van der Waals surface area contributed by atoms with Crippen molar-refractivity contribution in [1.29, 1.82) is 0 Å². The Labute approximate surface area is 244 Å². The molecule has 3 N–H and O–H groups in total. The maximum Gasteiger partial charge on any atom is 0.302 e. The number of hydrogen-bond donors (Lipinski definition) is 3. The zero-order valence-electron chi connectivity index (χ0n) is 23.5. The summed E-state index contributed by atoms with van der Waals surface area (Å²) in [7, 11) is 0. The number of hydrazone groups is 1. The Morgan fingerprint density at radius 1 is 0.738 bits per heavy atom. The van der Waals surface area contributed by atoms with Crippen molar-refractivity contribution in [2.24, 2.45) is 5.10 Å². The smallest absolute Gasteiger partial charge is 0.302 e. The SMILES string of the molecule is CCN(CC)c1ccc(NC2(NC(=O)c3ccccc3)C(=O)N(c3ccccc3)N=C2NC(=O)c2ccccc2)cc1. The van der Waals surface area contributed by atoms with Crippen molar-refractivity contribution in [2.75, 3.05) is 28.3 Å². The molecule has 5 rings (SSSR count). The molecule has 0 aromatic heterocycles. The predicted molar refractivity (Wildman–Crippen MR) is 166 cm³/mol. The van der Waals surface area contributed by atoms with Crippen molar-refractivity contribution in [2.45, 2.75) is 19.5 Å². The lowest BCUT2D eigenvalue weighted by atomic mass is 10.0. The van der Waals surface area contributed by atoms with Gasteiger partial charge in [-0.2, -0.15) is 5.01 Å². The molecule has 9 heteroatoms. The highest BCUT2D eigenvalue weighted by atomic mass is 16.2. The molecule has 0 saturated carbocycles. The van der Waals surface area contributed by atoms with Gasteiger partial charge in [0.1, 0.15) is 0 Å². The molecule has 0 fully saturated rings. The summed E-state index contributed by atoms with van der Waals surface area (Å²) in [5.41, 5.74) is 0.813. The van der Waals surface area contributed by atoms with E-state index in [-0.39, 0.29) is 5.84 Å². The lowest BCUT2D eigenvalue weighted by Crippen LogP contribution is -2.68. The van der Waals surface area contributed by atoms with Crippen LogP contribution in [0.3, 0.4) is 0 Å². The minimum absolute atomic E-state index is 0.0673. The first-order valence-electron chi connectivity index (χ1n) is 13.8. The quantitative estimate of drug-likeness (QED) is 0.254. The molecule has 9 nitrogen and oxygen atoms in total. The summed E-state index contributed by atoms with van der Waals surface area (Å²) in [4.78, 5) is 43.5. The van der Waals surface area contributed by atoms with Crippen LogP contribution in [0.1, 0.15) is 34.6 Å². The van der Waals surface area contributed by atoms with Crippen LogP contribution >= 0.6 is 0 Å². The van der Waals surface area contributed by atoms with Gasteiger partial charge in [-0.05, 0) is 74.5 Å². The van der Waals surface area contributed by atoms with Gasteiger partial charge in [0.25, 0.3) is 17.5 Å². The van der Waals surface area contributed by atoms with Gasteiger partial charge in [0.15, 0.2) is 5.84 Å². The first-order chi connectivity index (χ1) is 20.4. The Bertz CT molecular complexity index is 1570. The molecule has 0 spiro atoms. The van der Waals surface area contributed by atoms with E-state index < -0.39 is 23.4 Å². The van der Waals surface area contributed by atoms with Gasteiger partial charge < -0.3 is 20.9 Å². The number of nitrogens with zero attached hydrogens (tertiary/aromatic N) is 3. The second-order valence-electron chi connectivity index (χ2n) is 9.64. The summed E-state index contributed by atoms with van der Waals surface area (Å²) >= 11 is 0. The van der Waals surface area contributed by atoms with Crippen LogP contribution in [0.25, 0.3) is 0 Å². The monoisotopic (exact) mass is 560 g/mol. The van der Waals surface area contributed by atoms with Crippen molar-refractivity contribution >= 4 is 40.6 Å². The summed E-state index contributed by atoms with van der Waals surface area (Å²) in [6.45, 7) is 5.84. The van der Waals surface area contributed by atoms with E-state index in [1.54, 1.807) is 84.9 Å². The van der Waals surface area contributed by atoms with Gasteiger partial charge in [-0.1, -0.05) is 54.6 Å². The fraction of sp³-hybridized carbons (Fsp3) is 0.152. The van der Waals surface area contributed by atoms with Gasteiger partial charge in [0, 0.05) is 35.6 Å². The van der Waals surface area contributed by atoms with E-state index >= 15 is 0 Å². The van der Waals surface area contributed by atoms with Crippen molar-refractivity contribution in [3.05, 3.63) is 126 Å². The molecule has 0 saturated heterocycles. The van der Waals surface area contributed by atoms with E-state index in [0.717, 1.165) is 18.8 Å². The summed E-state index contributed by atoms with van der Waals surface area (Å²) in [5.74, 6) is -1.65. The van der Waals surface area contributed by atoms with Crippen LogP contribution in [-0.2, 0) is 4.79 Å². The number of nitrogens with one attached hydrogen (secondary N) is 3. The van der Waals surface area contributed by atoms with Crippen LogP contribution < -0.4 is 25.9 Å². The number of benzene rings is 4. The number of carbonyl (C=O) groups is 3. The second kappa shape index (κ2) is 12.4. The summed E-state index contributed by atoms with van der Waals surface area (Å²) in [6, 6.07) is 33.6. The third-order valence-electron chi connectivity index (χ3n) is 7.00. The van der Waals surface area contributed by atoms with Crippen molar-refractivity contribution < 1.29 is 14.4 Å². The van der Waals surface area contributed by atoms with Crippen molar-refractivity contribution in [3.63, 3.8) is 0 Å². The summed E-state index contributed by atoms with van der Waals surface area (Å²) < 4.78 is 0. The Kier molecular flexibility index (Phi) is 8.29. The fourth-order valence-electron chi connectivity index (χ4n) is 4.76. The lowest BCUT2D eigenvalue weighted by Gasteiger charge is -2.32. The van der Waals surface area contributed by atoms with Gasteiger partial charge in [-0.3, -0.25) is 14.4 Å². The first-order valence-corrected chi connectivity index (χ1v) is 13.8. The Morgan fingerprint density at radius 2 is 1.26 bits per heavy atom. The molecule has 42 heavy (non-hydrogen) atoms. The molecule has 0 aliphatic carbocycles. The topological polar surface area (TPSA) is 106 Å². The minimum Gasteiger partial charge on any atom is -0.372 e. The molecule has 4 aromatic rings. The van der Waals surface area contributed by atoms with Crippen LogP contribution in [-0.4, -0.2) is 42.3 Å². The van der Waals surface area contributed by atoms with E-state index in [1.807, 2.05) is 30.3 Å². The number of amidine groups is 1. The highest BCUT2D eigenvalue weighted by molar-refractivity contribution is 6.28. The summed E-state index contributed by atoms with van der Waals surface area (Å²) in [5, 5.41) is 14.6. The molecule has 1 unspecified atom stereocenters. The molecule has 3 amide bonds. The van der Waals surface area contributed by atoms with Crippen LogP contribution in [0.15, 0.2) is 120 Å². The van der Waals surface area contributed by atoms with Gasteiger partial charge in [0.2, 0.25) is 0 Å². The molecule has 0 bridgehead atoms. The maximum atomic E-state index is 14.4. The zero-order chi connectivity index (χ0) is 29.5. The van der Waals surface area contributed by atoms with Crippen molar-refractivity contribution in [1.82, 2.24) is 10.6 Å². The average Bonchev–Trinajstić information content (AvgIpc) is 3.29. The van der Waals surface area contributed by atoms with E-state index in [4.69, 9.17) is 0 Å². The van der Waals surface area contributed by atoms with Crippen LogP contribution in [0.4, 0.5) is 17.1 Å². The molecule has 1 atom stereocenters. The normalized spacial score (nSPS) is 16.0. The van der Waals surface area contributed by atoms with Crippen molar-refractivity contribution in [3.8, 4) is 0 Å². The number of amides is 3. The molecule has 212 valence electrons. The second-order valence-corrected chi connectivity index (χ2v) is 9.64. The number of rotatable bonds is 9. The Balaban J connectivity index is 1.60. The molecule has 1 aliphatic heterocycles. The highest BCUT2D eigenvalue weighted by Crippen LogP contribution is 2.29. The highest BCUT2D eigenvalue weighted by Gasteiger charge is 2.54. The average molecular weight is 561 g/mol. The first kappa shape index (κ1) is 28.1. The van der Waals surface area contributed by atoms with Crippen LogP contribution in [0.5, 0.6) is 0 Å². The van der Waals surface area contributed by atoms with Gasteiger partial charge >= 0.3 is 5.91 Å². The van der Waals surface area contributed by atoms with E-state index in [1.165, 1.54) is 5.01 Å². The molecule has 1 aliphatic rings. The Hall–Kier alpha value is -5.44. The standard InChI is InChI=1S/C33H32N6O3/c1-3-38(4-2)27-22-20-26(21-23-27)35-33(36-30(41)25-16-10-6-11-17-25)31(34-29(40)24-14-8-5-9-15-24)37-39(32(33)42)28-18-12-7-13-19-28/h5-23,35H,3-4H2,1-2H3,(H,36,41)(H,34,37,40). The third kappa shape index (κ3) is 5.71. The van der Waals surface area contributed by atoms with E-state index in [0.29, 0.717) is 22.5 Å². The maximum absolute atomic E-state index is 14.4. The number of carbonyl (C=O) groups excluding carboxylic acids is 3. The molecule has 1 heterocycles. The van der Waals surface area contributed by atoms with Gasteiger partial charge in [-0.15, -0.1) is 5.10 Å². The Morgan fingerprint density at radius 3 is 1.81 bits per heavy atom. The van der Waals surface area contributed by atoms with E-state index in [2.05, 4.69) is 39.8 Å². The van der Waals surface area contributed by atoms with Crippen LogP contribution in [0.2, 0.25) is 0 Å². The molecule has 0 radical (unpaired) electrons. The minimum atomic E-state index is -1.94. The fourth-order valence-corrected chi connectivity index (χ4v) is 4.76. The zero-order valence-corrected chi connectivity index (χ0v) is 23.5. The third-order valence-corrected chi connectivity index (χ3v) is 7.00. The largest absolute Gasteiger partial charge is 0.372 e.